The van der Waals surface area contributed by atoms with Crippen LogP contribution in [0, 0.1) is 6.92 Å². The second-order valence-electron chi connectivity index (χ2n) is 4.85. The Morgan fingerprint density at radius 1 is 1.10 bits per heavy atom. The summed E-state index contributed by atoms with van der Waals surface area (Å²) in [5.74, 6) is 2.69. The molecule has 0 aliphatic rings. The molecule has 1 aromatic rings. The van der Waals surface area contributed by atoms with Gasteiger partial charge in [0.1, 0.15) is 17.5 Å². The average molecular weight is 296 g/mol. The largest absolute Gasteiger partial charge is 0.382 e. The van der Waals surface area contributed by atoms with Gasteiger partial charge in [0.15, 0.2) is 0 Å². The molecule has 0 saturated heterocycles. The number of ether oxygens (including phenoxy) is 2. The zero-order valence-electron chi connectivity index (χ0n) is 13.7. The van der Waals surface area contributed by atoms with Crippen LogP contribution in [0.3, 0.4) is 0 Å². The molecule has 0 amide bonds. The Morgan fingerprint density at radius 2 is 1.86 bits per heavy atom. The fourth-order valence-electron chi connectivity index (χ4n) is 1.94. The van der Waals surface area contributed by atoms with Crippen LogP contribution in [0.2, 0.25) is 0 Å². The maximum atomic E-state index is 5.44. The molecular formula is C15H28N4O2. The number of aromatic nitrogens is 2. The lowest BCUT2D eigenvalue weighted by atomic mass is 10.2. The van der Waals surface area contributed by atoms with Crippen LogP contribution in [0.4, 0.5) is 11.6 Å². The molecule has 0 aliphatic carbocycles. The molecule has 21 heavy (non-hydrogen) atoms. The first kappa shape index (κ1) is 17.7. The molecule has 1 rings (SSSR count). The number of aryl methyl sites for hydroxylation is 1. The Kier molecular flexibility index (Phi) is 8.69. The van der Waals surface area contributed by atoms with E-state index in [0.29, 0.717) is 13.2 Å². The van der Waals surface area contributed by atoms with Gasteiger partial charge in [-0.25, -0.2) is 9.97 Å². The topological polar surface area (TPSA) is 68.3 Å². The lowest BCUT2D eigenvalue weighted by Gasteiger charge is -2.13. The van der Waals surface area contributed by atoms with Gasteiger partial charge in [0, 0.05) is 39.3 Å². The highest BCUT2D eigenvalue weighted by atomic mass is 16.5. The second-order valence-corrected chi connectivity index (χ2v) is 4.85. The van der Waals surface area contributed by atoms with Crippen molar-refractivity contribution in [3.63, 3.8) is 0 Å². The number of anilines is 2. The fraction of sp³-hybridized carbons (Fsp3) is 0.733. The number of nitrogens with zero attached hydrogens (tertiary/aromatic N) is 2. The Morgan fingerprint density at radius 3 is 2.52 bits per heavy atom. The van der Waals surface area contributed by atoms with Crippen molar-refractivity contribution in [3.05, 3.63) is 11.4 Å². The standard InChI is InChI=1S/C15H28N4O2/c1-5-7-13-18-14(16-3)12(2)15(19-13)17-8-6-9-21-11-10-20-4/h5-11H2,1-4H3,(H2,16,17,18,19). The number of methoxy groups -OCH3 is 1. The lowest BCUT2D eigenvalue weighted by Crippen LogP contribution is -2.12. The minimum Gasteiger partial charge on any atom is -0.382 e. The van der Waals surface area contributed by atoms with Gasteiger partial charge < -0.3 is 20.1 Å². The van der Waals surface area contributed by atoms with E-state index in [1.54, 1.807) is 7.11 Å². The summed E-state index contributed by atoms with van der Waals surface area (Å²) in [6.45, 7) is 7.00. The summed E-state index contributed by atoms with van der Waals surface area (Å²) < 4.78 is 10.4. The summed E-state index contributed by atoms with van der Waals surface area (Å²) in [5.41, 5.74) is 1.05. The lowest BCUT2D eigenvalue weighted by molar-refractivity contribution is 0.0705. The second kappa shape index (κ2) is 10.3. The molecular weight excluding hydrogens is 268 g/mol. The van der Waals surface area contributed by atoms with Crippen molar-refractivity contribution >= 4 is 11.6 Å². The van der Waals surface area contributed by atoms with E-state index in [0.717, 1.165) is 55.4 Å². The van der Waals surface area contributed by atoms with Gasteiger partial charge in [0.2, 0.25) is 0 Å². The third kappa shape index (κ3) is 6.27. The van der Waals surface area contributed by atoms with Gasteiger partial charge >= 0.3 is 0 Å². The van der Waals surface area contributed by atoms with E-state index in [1.807, 2.05) is 14.0 Å². The molecule has 6 heteroatoms. The van der Waals surface area contributed by atoms with Crippen molar-refractivity contribution in [2.75, 3.05) is 51.2 Å². The monoisotopic (exact) mass is 296 g/mol. The van der Waals surface area contributed by atoms with Crippen LogP contribution in [0.5, 0.6) is 0 Å². The predicted molar refractivity (Wildman–Crippen MR) is 86.1 cm³/mol. The zero-order valence-corrected chi connectivity index (χ0v) is 13.7. The minimum atomic E-state index is 0.643. The molecule has 0 aromatic carbocycles. The third-order valence-corrected chi connectivity index (χ3v) is 3.09. The summed E-state index contributed by atoms with van der Waals surface area (Å²) in [7, 11) is 3.56. The van der Waals surface area contributed by atoms with E-state index >= 15 is 0 Å². The summed E-state index contributed by atoms with van der Waals surface area (Å²) in [4.78, 5) is 9.11. The van der Waals surface area contributed by atoms with E-state index in [9.17, 15) is 0 Å². The van der Waals surface area contributed by atoms with E-state index in [2.05, 4.69) is 27.5 Å². The van der Waals surface area contributed by atoms with E-state index < -0.39 is 0 Å². The quantitative estimate of drug-likeness (QED) is 0.610. The van der Waals surface area contributed by atoms with Crippen LogP contribution in [0.25, 0.3) is 0 Å². The van der Waals surface area contributed by atoms with Gasteiger partial charge in [-0.1, -0.05) is 6.92 Å². The van der Waals surface area contributed by atoms with Crippen molar-refractivity contribution in [2.24, 2.45) is 0 Å². The highest BCUT2D eigenvalue weighted by molar-refractivity contribution is 5.56. The van der Waals surface area contributed by atoms with Crippen molar-refractivity contribution in [1.82, 2.24) is 9.97 Å². The first-order chi connectivity index (χ1) is 10.2. The van der Waals surface area contributed by atoms with Crippen LogP contribution >= 0.6 is 0 Å². The molecule has 2 N–H and O–H groups in total. The fourth-order valence-corrected chi connectivity index (χ4v) is 1.94. The molecule has 1 heterocycles. The molecule has 0 atom stereocenters. The van der Waals surface area contributed by atoms with Gasteiger partial charge in [0.05, 0.1) is 13.2 Å². The average Bonchev–Trinajstić information content (AvgIpc) is 2.49. The van der Waals surface area contributed by atoms with Gasteiger partial charge in [-0.15, -0.1) is 0 Å². The van der Waals surface area contributed by atoms with Crippen LogP contribution in [0.15, 0.2) is 0 Å². The molecule has 0 radical (unpaired) electrons. The molecule has 0 saturated carbocycles. The summed E-state index contributed by atoms with van der Waals surface area (Å²) >= 11 is 0. The molecule has 0 bridgehead atoms. The Balaban J connectivity index is 2.47. The smallest absolute Gasteiger partial charge is 0.134 e. The zero-order chi connectivity index (χ0) is 15.5. The number of hydrogen-bond donors (Lipinski definition) is 2. The number of rotatable bonds is 11. The molecule has 1 aromatic heterocycles. The van der Waals surface area contributed by atoms with Crippen molar-refractivity contribution in [2.45, 2.75) is 33.1 Å². The van der Waals surface area contributed by atoms with Crippen LogP contribution in [-0.2, 0) is 15.9 Å². The highest BCUT2D eigenvalue weighted by Gasteiger charge is 2.09. The Labute approximate surface area is 127 Å². The summed E-state index contributed by atoms with van der Waals surface area (Å²) in [5, 5.41) is 6.50. The van der Waals surface area contributed by atoms with Gasteiger partial charge in [-0.05, 0) is 19.8 Å². The van der Waals surface area contributed by atoms with Crippen LogP contribution < -0.4 is 10.6 Å². The van der Waals surface area contributed by atoms with E-state index in [-0.39, 0.29) is 0 Å². The number of nitrogens with one attached hydrogen (secondary N) is 2. The van der Waals surface area contributed by atoms with E-state index in [1.165, 1.54) is 0 Å². The minimum absolute atomic E-state index is 0.643. The summed E-state index contributed by atoms with van der Waals surface area (Å²) in [6, 6.07) is 0. The number of hydrogen-bond acceptors (Lipinski definition) is 6. The third-order valence-electron chi connectivity index (χ3n) is 3.09. The van der Waals surface area contributed by atoms with Crippen molar-refractivity contribution < 1.29 is 9.47 Å². The van der Waals surface area contributed by atoms with Gasteiger partial charge in [-0.2, -0.15) is 0 Å². The normalized spacial score (nSPS) is 10.7. The highest BCUT2D eigenvalue weighted by Crippen LogP contribution is 2.20. The van der Waals surface area contributed by atoms with E-state index in [4.69, 9.17) is 9.47 Å². The van der Waals surface area contributed by atoms with Crippen molar-refractivity contribution in [1.29, 1.82) is 0 Å². The first-order valence-corrected chi connectivity index (χ1v) is 7.58. The van der Waals surface area contributed by atoms with Gasteiger partial charge in [-0.3, -0.25) is 0 Å². The van der Waals surface area contributed by atoms with Crippen LogP contribution in [0.1, 0.15) is 31.2 Å². The van der Waals surface area contributed by atoms with Crippen LogP contribution in [-0.4, -0.2) is 50.5 Å². The SMILES string of the molecule is CCCc1nc(NC)c(C)c(NCCCOCCOC)n1. The van der Waals surface area contributed by atoms with Crippen molar-refractivity contribution in [3.8, 4) is 0 Å². The predicted octanol–water partition coefficient (Wildman–Crippen LogP) is 2.24. The molecule has 6 nitrogen and oxygen atoms in total. The Bertz CT molecular complexity index is 413. The van der Waals surface area contributed by atoms with Gasteiger partial charge in [0.25, 0.3) is 0 Å². The first-order valence-electron chi connectivity index (χ1n) is 7.58. The Hall–Kier alpha value is -1.40. The molecule has 0 spiro atoms. The maximum absolute atomic E-state index is 5.44. The molecule has 0 aliphatic heterocycles. The maximum Gasteiger partial charge on any atom is 0.134 e. The molecule has 0 fully saturated rings. The summed E-state index contributed by atoms with van der Waals surface area (Å²) in [6.07, 6.45) is 2.87. The molecule has 0 unspecified atom stereocenters. The molecule has 120 valence electrons.